The Morgan fingerprint density at radius 3 is 2.14 bits per heavy atom. The molecular weight excluding hydrogens is 597 g/mol. The molecule has 3 rings (SSSR count). The molecule has 3 aromatic rings. The molecular formula is C31H37Cl2N3O5S. The van der Waals surface area contributed by atoms with Crippen LogP contribution in [0.1, 0.15) is 45.7 Å². The van der Waals surface area contributed by atoms with E-state index in [0.717, 1.165) is 9.87 Å². The molecule has 0 aromatic heterocycles. The first kappa shape index (κ1) is 33.2. The minimum absolute atomic E-state index is 0.0283. The number of amides is 2. The van der Waals surface area contributed by atoms with E-state index in [9.17, 15) is 18.0 Å². The predicted octanol–water partition coefficient (Wildman–Crippen LogP) is 6.23. The Balaban J connectivity index is 2.06. The van der Waals surface area contributed by atoms with Gasteiger partial charge < -0.3 is 15.0 Å². The third-order valence-corrected chi connectivity index (χ3v) is 8.72. The molecule has 0 saturated heterocycles. The molecule has 0 bridgehead atoms. The highest BCUT2D eigenvalue weighted by atomic mass is 35.5. The summed E-state index contributed by atoms with van der Waals surface area (Å²) in [6.45, 7) is 10.6. The van der Waals surface area contributed by atoms with Crippen molar-refractivity contribution in [1.82, 2.24) is 10.2 Å². The molecule has 0 fully saturated rings. The van der Waals surface area contributed by atoms with Crippen LogP contribution in [0.25, 0.3) is 0 Å². The maximum absolute atomic E-state index is 14.1. The van der Waals surface area contributed by atoms with Crippen molar-refractivity contribution in [3.05, 3.63) is 87.9 Å². The second-order valence-corrected chi connectivity index (χ2v) is 13.6. The van der Waals surface area contributed by atoms with Gasteiger partial charge in [0.25, 0.3) is 10.0 Å². The number of carbonyl (C=O) groups excluding carboxylic acids is 2. The quantitative estimate of drug-likeness (QED) is 0.270. The number of ether oxygens (including phenoxy) is 1. The van der Waals surface area contributed by atoms with Crippen molar-refractivity contribution in [3.63, 3.8) is 0 Å². The molecule has 0 saturated carbocycles. The number of hydrogen-bond donors (Lipinski definition) is 1. The highest BCUT2D eigenvalue weighted by Gasteiger charge is 2.33. The number of sulfonamides is 1. The summed E-state index contributed by atoms with van der Waals surface area (Å²) in [6, 6.07) is 16.8. The molecule has 42 heavy (non-hydrogen) atoms. The Morgan fingerprint density at radius 1 is 0.976 bits per heavy atom. The topological polar surface area (TPSA) is 96.0 Å². The fourth-order valence-corrected chi connectivity index (χ4v) is 6.01. The minimum Gasteiger partial charge on any atom is -0.494 e. The molecule has 0 radical (unpaired) electrons. The number of aryl methyl sites for hydroxylation is 1. The van der Waals surface area contributed by atoms with Crippen molar-refractivity contribution >= 4 is 50.7 Å². The highest BCUT2D eigenvalue weighted by molar-refractivity contribution is 7.92. The van der Waals surface area contributed by atoms with Crippen molar-refractivity contribution in [2.45, 2.75) is 64.6 Å². The SMILES string of the molecule is CCOc1ccc(N(CC(=O)N(Cc2ccc(Cl)cc2Cl)[C@@H](C)C(=O)NC(C)(C)C)S(=O)(=O)c2ccc(C)cc2)cc1. The van der Waals surface area contributed by atoms with E-state index in [-0.39, 0.29) is 17.1 Å². The van der Waals surface area contributed by atoms with Gasteiger partial charge in [0.05, 0.1) is 17.2 Å². The van der Waals surface area contributed by atoms with Crippen molar-refractivity contribution in [1.29, 1.82) is 0 Å². The monoisotopic (exact) mass is 633 g/mol. The number of carbonyl (C=O) groups is 2. The molecule has 1 N–H and O–H groups in total. The van der Waals surface area contributed by atoms with Gasteiger partial charge in [0.1, 0.15) is 18.3 Å². The van der Waals surface area contributed by atoms with Gasteiger partial charge in [-0.1, -0.05) is 47.0 Å². The molecule has 0 heterocycles. The fraction of sp³-hybridized carbons (Fsp3) is 0.355. The predicted molar refractivity (Wildman–Crippen MR) is 168 cm³/mol. The Labute approximate surface area is 258 Å². The van der Waals surface area contributed by atoms with Crippen LogP contribution in [0.3, 0.4) is 0 Å². The van der Waals surface area contributed by atoms with E-state index >= 15 is 0 Å². The van der Waals surface area contributed by atoms with Gasteiger partial charge in [0, 0.05) is 22.1 Å². The molecule has 8 nitrogen and oxygen atoms in total. The molecule has 0 aliphatic heterocycles. The van der Waals surface area contributed by atoms with Gasteiger partial charge in [-0.25, -0.2) is 8.42 Å². The Hall–Kier alpha value is -3.27. The summed E-state index contributed by atoms with van der Waals surface area (Å²) in [5, 5.41) is 3.64. The van der Waals surface area contributed by atoms with Gasteiger partial charge >= 0.3 is 0 Å². The zero-order valence-electron chi connectivity index (χ0n) is 24.6. The van der Waals surface area contributed by atoms with Gasteiger partial charge in [-0.15, -0.1) is 0 Å². The molecule has 226 valence electrons. The number of nitrogens with zero attached hydrogens (tertiary/aromatic N) is 2. The lowest BCUT2D eigenvalue weighted by atomic mass is 10.1. The molecule has 0 aliphatic rings. The van der Waals surface area contributed by atoms with E-state index < -0.39 is 40.0 Å². The Bertz CT molecular complexity index is 1510. The maximum atomic E-state index is 14.1. The Morgan fingerprint density at radius 2 is 1.60 bits per heavy atom. The van der Waals surface area contributed by atoms with Crippen LogP contribution in [-0.4, -0.2) is 49.9 Å². The van der Waals surface area contributed by atoms with Gasteiger partial charge in [-0.05, 0) is 95.6 Å². The second-order valence-electron chi connectivity index (χ2n) is 10.9. The number of anilines is 1. The summed E-state index contributed by atoms with van der Waals surface area (Å²) in [5.74, 6) is -0.427. The second kappa shape index (κ2) is 13.8. The van der Waals surface area contributed by atoms with Crippen LogP contribution >= 0.6 is 23.2 Å². The molecule has 0 unspecified atom stereocenters. The van der Waals surface area contributed by atoms with Crippen molar-refractivity contribution < 1.29 is 22.7 Å². The number of hydrogen-bond acceptors (Lipinski definition) is 5. The lowest BCUT2D eigenvalue weighted by Gasteiger charge is -2.33. The van der Waals surface area contributed by atoms with Crippen LogP contribution in [0.5, 0.6) is 5.75 Å². The van der Waals surface area contributed by atoms with E-state index in [1.807, 2.05) is 34.6 Å². The third kappa shape index (κ3) is 8.63. The summed E-state index contributed by atoms with van der Waals surface area (Å²) in [4.78, 5) is 28.7. The molecule has 2 amide bonds. The largest absolute Gasteiger partial charge is 0.494 e. The molecule has 0 spiro atoms. The van der Waals surface area contributed by atoms with E-state index in [1.165, 1.54) is 17.0 Å². The van der Waals surface area contributed by atoms with E-state index in [0.29, 0.717) is 28.0 Å². The van der Waals surface area contributed by atoms with E-state index in [1.54, 1.807) is 61.5 Å². The first-order valence-corrected chi connectivity index (χ1v) is 15.7. The fourth-order valence-electron chi connectivity index (χ4n) is 4.13. The van der Waals surface area contributed by atoms with Crippen molar-refractivity contribution in [3.8, 4) is 5.75 Å². The van der Waals surface area contributed by atoms with Crippen LogP contribution in [0.15, 0.2) is 71.6 Å². The average molecular weight is 635 g/mol. The van der Waals surface area contributed by atoms with Crippen molar-refractivity contribution in [2.75, 3.05) is 17.5 Å². The number of nitrogens with one attached hydrogen (secondary N) is 1. The lowest BCUT2D eigenvalue weighted by Crippen LogP contribution is -2.54. The van der Waals surface area contributed by atoms with Crippen molar-refractivity contribution in [2.24, 2.45) is 0 Å². The maximum Gasteiger partial charge on any atom is 0.264 e. The summed E-state index contributed by atoms with van der Waals surface area (Å²) >= 11 is 12.5. The number of halogens is 2. The first-order chi connectivity index (χ1) is 19.6. The van der Waals surface area contributed by atoms with Gasteiger partial charge in [-0.3, -0.25) is 13.9 Å². The minimum atomic E-state index is -4.19. The normalized spacial score (nSPS) is 12.4. The Kier molecular flexibility index (Phi) is 10.9. The summed E-state index contributed by atoms with van der Waals surface area (Å²) in [7, 11) is -4.19. The van der Waals surface area contributed by atoms with Gasteiger partial charge in [-0.2, -0.15) is 0 Å². The van der Waals surface area contributed by atoms with Gasteiger partial charge in [0.2, 0.25) is 11.8 Å². The molecule has 11 heteroatoms. The number of rotatable bonds is 11. The van der Waals surface area contributed by atoms with Crippen LogP contribution in [-0.2, 0) is 26.2 Å². The summed E-state index contributed by atoms with van der Waals surface area (Å²) < 4.78 is 34.5. The summed E-state index contributed by atoms with van der Waals surface area (Å²) in [5.41, 5.74) is 1.16. The zero-order chi connectivity index (χ0) is 31.2. The van der Waals surface area contributed by atoms with Gasteiger partial charge in [0.15, 0.2) is 0 Å². The van der Waals surface area contributed by atoms with Crippen LogP contribution in [0.2, 0.25) is 10.0 Å². The van der Waals surface area contributed by atoms with Crippen LogP contribution < -0.4 is 14.4 Å². The van der Waals surface area contributed by atoms with E-state index in [4.69, 9.17) is 27.9 Å². The standard InChI is InChI=1S/C31H37Cl2N3O5S/c1-7-41-26-14-12-25(13-15-26)36(42(39,40)27-16-8-21(2)9-17-27)20-29(37)35(22(3)30(38)34-31(4,5)6)19-23-10-11-24(32)18-28(23)33/h8-18,22H,7,19-20H2,1-6H3,(H,34,38)/t22-/m0/s1. The van der Waals surface area contributed by atoms with E-state index in [2.05, 4.69) is 5.32 Å². The molecule has 3 aromatic carbocycles. The first-order valence-electron chi connectivity index (χ1n) is 13.5. The highest BCUT2D eigenvalue weighted by Crippen LogP contribution is 2.28. The molecule has 0 aliphatic carbocycles. The average Bonchev–Trinajstić information content (AvgIpc) is 2.91. The zero-order valence-corrected chi connectivity index (χ0v) is 27.0. The van der Waals surface area contributed by atoms with Crippen LogP contribution in [0, 0.1) is 6.92 Å². The smallest absolute Gasteiger partial charge is 0.264 e. The number of benzene rings is 3. The lowest BCUT2D eigenvalue weighted by molar-refractivity contribution is -0.140. The summed E-state index contributed by atoms with van der Waals surface area (Å²) in [6.07, 6.45) is 0. The van der Waals surface area contributed by atoms with Crippen LogP contribution in [0.4, 0.5) is 5.69 Å². The third-order valence-electron chi connectivity index (χ3n) is 6.34. The molecule has 1 atom stereocenters.